The third-order valence-electron chi connectivity index (χ3n) is 5.08. The summed E-state index contributed by atoms with van der Waals surface area (Å²) < 4.78 is 0. The zero-order chi connectivity index (χ0) is 14.7. The Morgan fingerprint density at radius 1 is 1.10 bits per heavy atom. The van der Waals surface area contributed by atoms with Gasteiger partial charge in [0.2, 0.25) is 0 Å². The van der Waals surface area contributed by atoms with E-state index in [0.717, 1.165) is 24.5 Å². The van der Waals surface area contributed by atoms with Crippen LogP contribution in [0.2, 0.25) is 0 Å². The Morgan fingerprint density at radius 2 is 1.86 bits per heavy atom. The molecule has 21 heavy (non-hydrogen) atoms. The fourth-order valence-electron chi connectivity index (χ4n) is 3.94. The Labute approximate surface area is 129 Å². The molecule has 1 aromatic carbocycles. The lowest BCUT2D eigenvalue weighted by Crippen LogP contribution is -2.45. The van der Waals surface area contributed by atoms with Crippen molar-refractivity contribution in [1.82, 2.24) is 10.2 Å². The molecule has 0 radical (unpaired) electrons. The minimum Gasteiger partial charge on any atom is -0.310 e. The Balaban J connectivity index is 1.46. The van der Waals surface area contributed by atoms with Gasteiger partial charge in [-0.15, -0.1) is 0 Å². The minimum absolute atomic E-state index is 0.722. The molecule has 0 spiro atoms. The van der Waals surface area contributed by atoms with Crippen LogP contribution in [0.4, 0.5) is 0 Å². The number of nitrogens with one attached hydrogen (secondary N) is 1. The normalized spacial score (nSPS) is 26.2. The molecule has 0 amide bonds. The molecule has 0 aliphatic carbocycles. The highest BCUT2D eigenvalue weighted by Gasteiger charge is 2.31. The maximum atomic E-state index is 3.78. The molecule has 2 atom stereocenters. The quantitative estimate of drug-likeness (QED) is 0.889. The van der Waals surface area contributed by atoms with E-state index in [4.69, 9.17) is 0 Å². The highest BCUT2D eigenvalue weighted by atomic mass is 15.2. The van der Waals surface area contributed by atoms with E-state index in [1.165, 1.54) is 56.3 Å². The predicted molar refractivity (Wildman–Crippen MR) is 89.4 cm³/mol. The van der Waals surface area contributed by atoms with Crippen molar-refractivity contribution in [3.05, 3.63) is 35.4 Å². The molecule has 116 valence electrons. The second-order valence-electron chi connectivity index (χ2n) is 7.35. The summed E-state index contributed by atoms with van der Waals surface area (Å²) in [4.78, 5) is 2.69. The molecule has 2 aliphatic rings. The van der Waals surface area contributed by atoms with E-state index in [2.05, 4.69) is 48.3 Å². The molecule has 2 aliphatic heterocycles. The summed E-state index contributed by atoms with van der Waals surface area (Å²) in [6.07, 6.45) is 6.69. The molecule has 1 N–H and O–H groups in total. The molecule has 3 rings (SSSR count). The third-order valence-corrected chi connectivity index (χ3v) is 5.08. The number of fused-ring (bicyclic) bond motifs is 1. The molecule has 2 fully saturated rings. The van der Waals surface area contributed by atoms with Gasteiger partial charge in [-0.3, -0.25) is 0 Å². The van der Waals surface area contributed by atoms with Gasteiger partial charge >= 0.3 is 0 Å². The average molecular weight is 286 g/mol. The van der Waals surface area contributed by atoms with Crippen molar-refractivity contribution in [1.29, 1.82) is 0 Å². The largest absolute Gasteiger partial charge is 0.310 e. The molecule has 0 bridgehead atoms. The molecule has 2 unspecified atom stereocenters. The van der Waals surface area contributed by atoms with Gasteiger partial charge in [0.1, 0.15) is 0 Å². The van der Waals surface area contributed by atoms with Crippen molar-refractivity contribution in [2.24, 2.45) is 5.92 Å². The first-order valence-corrected chi connectivity index (χ1v) is 8.76. The summed E-state index contributed by atoms with van der Waals surface area (Å²) in [5.74, 6) is 0.741. The van der Waals surface area contributed by atoms with E-state index in [1.54, 1.807) is 0 Å². The number of hydrogen-bond acceptors (Lipinski definition) is 2. The van der Waals surface area contributed by atoms with Crippen LogP contribution in [0.3, 0.4) is 0 Å². The molecule has 2 saturated heterocycles. The fraction of sp³-hybridized carbons (Fsp3) is 0.684. The van der Waals surface area contributed by atoms with Crippen LogP contribution in [0.15, 0.2) is 24.3 Å². The van der Waals surface area contributed by atoms with Gasteiger partial charge in [0.25, 0.3) is 0 Å². The zero-order valence-corrected chi connectivity index (χ0v) is 13.6. The van der Waals surface area contributed by atoms with E-state index < -0.39 is 0 Å². The van der Waals surface area contributed by atoms with Gasteiger partial charge in [-0.05, 0) is 62.2 Å². The molecular weight excluding hydrogens is 256 g/mol. The summed E-state index contributed by atoms with van der Waals surface area (Å²) in [5.41, 5.74) is 2.89. The number of nitrogens with zero attached hydrogens (tertiary/aromatic N) is 1. The summed E-state index contributed by atoms with van der Waals surface area (Å²) in [7, 11) is 0. The lowest BCUT2D eigenvalue weighted by Gasteiger charge is -2.35. The third kappa shape index (κ3) is 4.08. The van der Waals surface area contributed by atoms with Crippen molar-refractivity contribution < 1.29 is 0 Å². The zero-order valence-electron chi connectivity index (χ0n) is 13.6. The van der Waals surface area contributed by atoms with Gasteiger partial charge in [-0.2, -0.15) is 0 Å². The fourth-order valence-corrected chi connectivity index (χ4v) is 3.94. The summed E-state index contributed by atoms with van der Waals surface area (Å²) in [6, 6.07) is 10.8. The monoisotopic (exact) mass is 286 g/mol. The van der Waals surface area contributed by atoms with Crippen LogP contribution in [0.1, 0.15) is 50.7 Å². The number of piperidine rings is 1. The van der Waals surface area contributed by atoms with Crippen molar-refractivity contribution in [2.75, 3.05) is 13.1 Å². The summed E-state index contributed by atoms with van der Waals surface area (Å²) in [5, 5.41) is 3.78. The molecule has 0 saturated carbocycles. The van der Waals surface area contributed by atoms with E-state index in [9.17, 15) is 0 Å². The van der Waals surface area contributed by atoms with E-state index in [0.29, 0.717) is 0 Å². The van der Waals surface area contributed by atoms with E-state index in [-0.39, 0.29) is 0 Å². The molecular formula is C19H30N2. The van der Waals surface area contributed by atoms with Gasteiger partial charge in [-0.25, -0.2) is 0 Å². The Morgan fingerprint density at radius 3 is 2.62 bits per heavy atom. The number of rotatable bonds is 5. The second-order valence-corrected chi connectivity index (χ2v) is 7.35. The van der Waals surface area contributed by atoms with Crippen molar-refractivity contribution in [2.45, 2.75) is 64.6 Å². The Hall–Kier alpha value is -0.860. The van der Waals surface area contributed by atoms with Gasteiger partial charge in [-0.1, -0.05) is 38.1 Å². The lowest BCUT2D eigenvalue weighted by molar-refractivity contribution is 0.166. The standard InChI is InChI=1S/C19H30N2/c1-15(2)12-16-5-7-17(8-6-16)14-20-18-9-11-21-10-3-4-19(21)13-18/h5-8,15,18-20H,3-4,9-14H2,1-2H3. The summed E-state index contributed by atoms with van der Waals surface area (Å²) >= 11 is 0. The van der Waals surface area contributed by atoms with Crippen LogP contribution in [0.25, 0.3) is 0 Å². The lowest BCUT2D eigenvalue weighted by atomic mass is 9.97. The first-order valence-electron chi connectivity index (χ1n) is 8.76. The molecule has 2 heterocycles. The van der Waals surface area contributed by atoms with Gasteiger partial charge in [0, 0.05) is 18.6 Å². The average Bonchev–Trinajstić information content (AvgIpc) is 2.93. The van der Waals surface area contributed by atoms with Crippen LogP contribution in [0.5, 0.6) is 0 Å². The highest BCUT2D eigenvalue weighted by molar-refractivity contribution is 5.22. The predicted octanol–water partition coefficient (Wildman–Crippen LogP) is 3.60. The van der Waals surface area contributed by atoms with Crippen LogP contribution >= 0.6 is 0 Å². The maximum Gasteiger partial charge on any atom is 0.0208 e. The summed E-state index contributed by atoms with van der Waals surface area (Å²) in [6.45, 7) is 8.24. The number of benzene rings is 1. The van der Waals surface area contributed by atoms with Gasteiger partial charge in [0.15, 0.2) is 0 Å². The number of hydrogen-bond donors (Lipinski definition) is 1. The van der Waals surface area contributed by atoms with Crippen molar-refractivity contribution >= 4 is 0 Å². The molecule has 2 nitrogen and oxygen atoms in total. The first-order chi connectivity index (χ1) is 10.2. The highest BCUT2D eigenvalue weighted by Crippen LogP contribution is 2.26. The van der Waals surface area contributed by atoms with Crippen LogP contribution in [0, 0.1) is 5.92 Å². The minimum atomic E-state index is 0.722. The topological polar surface area (TPSA) is 15.3 Å². The van der Waals surface area contributed by atoms with E-state index >= 15 is 0 Å². The molecule has 1 aromatic rings. The van der Waals surface area contributed by atoms with Crippen molar-refractivity contribution in [3.63, 3.8) is 0 Å². The Kier molecular flexibility index (Phi) is 4.97. The van der Waals surface area contributed by atoms with Crippen LogP contribution < -0.4 is 5.32 Å². The van der Waals surface area contributed by atoms with Crippen LogP contribution in [-0.4, -0.2) is 30.1 Å². The first kappa shape index (κ1) is 15.1. The molecule has 0 aromatic heterocycles. The van der Waals surface area contributed by atoms with Crippen molar-refractivity contribution in [3.8, 4) is 0 Å². The SMILES string of the molecule is CC(C)Cc1ccc(CNC2CCN3CCCC3C2)cc1. The Bertz CT molecular complexity index is 437. The van der Waals surface area contributed by atoms with Gasteiger partial charge in [0.05, 0.1) is 0 Å². The smallest absolute Gasteiger partial charge is 0.0208 e. The van der Waals surface area contributed by atoms with E-state index in [1.807, 2.05) is 0 Å². The maximum absolute atomic E-state index is 3.78. The second kappa shape index (κ2) is 6.93. The van der Waals surface area contributed by atoms with Gasteiger partial charge < -0.3 is 10.2 Å². The van der Waals surface area contributed by atoms with Crippen LogP contribution in [-0.2, 0) is 13.0 Å². The molecule has 2 heteroatoms.